The van der Waals surface area contributed by atoms with E-state index in [2.05, 4.69) is 34.7 Å². The molecule has 0 aliphatic rings. The standard InChI is InChI=1S/C20H29N3O2/c1-6-21-19(22-12-17-10-8-7-9-14(17)2)23-13-20(5,24)18-11-15(3)25-16(18)4/h7-11,24H,6,12-13H2,1-5H3,(H2,21,22,23). The summed E-state index contributed by atoms with van der Waals surface area (Å²) >= 11 is 0. The SMILES string of the molecule is CCNC(=NCc1ccccc1C)NCC(C)(O)c1cc(C)oc1C. The Morgan fingerprint density at radius 1 is 1.20 bits per heavy atom. The summed E-state index contributed by atoms with van der Waals surface area (Å²) in [5, 5.41) is 17.3. The van der Waals surface area contributed by atoms with Crippen LogP contribution in [0, 0.1) is 20.8 Å². The minimum Gasteiger partial charge on any atom is -0.466 e. The second-order valence-electron chi connectivity index (χ2n) is 6.58. The van der Waals surface area contributed by atoms with Crippen molar-refractivity contribution >= 4 is 5.96 Å². The molecule has 2 aromatic rings. The predicted octanol–water partition coefficient (Wildman–Crippen LogP) is 3.17. The minimum absolute atomic E-state index is 0.340. The number of aryl methyl sites for hydroxylation is 3. The fourth-order valence-corrected chi connectivity index (χ4v) is 2.81. The molecule has 2 rings (SSSR count). The highest BCUT2D eigenvalue weighted by Crippen LogP contribution is 2.26. The molecule has 0 saturated heterocycles. The summed E-state index contributed by atoms with van der Waals surface area (Å²) in [6.45, 7) is 11.3. The van der Waals surface area contributed by atoms with Crippen molar-refractivity contribution in [3.05, 3.63) is 58.5 Å². The van der Waals surface area contributed by atoms with Crippen LogP contribution in [0.25, 0.3) is 0 Å². The van der Waals surface area contributed by atoms with Gasteiger partial charge in [-0.3, -0.25) is 0 Å². The average Bonchev–Trinajstić information content (AvgIpc) is 2.91. The van der Waals surface area contributed by atoms with E-state index in [1.807, 2.05) is 39.0 Å². The third kappa shape index (κ3) is 5.10. The summed E-state index contributed by atoms with van der Waals surface area (Å²) in [7, 11) is 0. The van der Waals surface area contributed by atoms with Crippen molar-refractivity contribution in [1.29, 1.82) is 0 Å². The summed E-state index contributed by atoms with van der Waals surface area (Å²) < 4.78 is 5.54. The van der Waals surface area contributed by atoms with Crippen molar-refractivity contribution in [2.24, 2.45) is 4.99 Å². The third-order valence-electron chi connectivity index (χ3n) is 4.23. The normalized spacial score (nSPS) is 14.2. The molecule has 5 nitrogen and oxygen atoms in total. The van der Waals surface area contributed by atoms with Gasteiger partial charge in [0.2, 0.25) is 0 Å². The molecule has 1 aromatic carbocycles. The van der Waals surface area contributed by atoms with E-state index in [4.69, 9.17) is 4.42 Å². The molecule has 1 heterocycles. The summed E-state index contributed by atoms with van der Waals surface area (Å²) in [5.74, 6) is 2.22. The number of hydrogen-bond donors (Lipinski definition) is 3. The molecule has 0 saturated carbocycles. The number of furan rings is 1. The molecule has 0 radical (unpaired) electrons. The lowest BCUT2D eigenvalue weighted by Gasteiger charge is -2.24. The Kier molecular flexibility index (Phi) is 6.26. The minimum atomic E-state index is -1.04. The second-order valence-corrected chi connectivity index (χ2v) is 6.58. The Labute approximate surface area is 150 Å². The lowest BCUT2D eigenvalue weighted by Crippen LogP contribution is -2.44. The molecule has 25 heavy (non-hydrogen) atoms. The number of benzene rings is 1. The van der Waals surface area contributed by atoms with Crippen LogP contribution in [-0.4, -0.2) is 24.2 Å². The highest BCUT2D eigenvalue weighted by Gasteiger charge is 2.27. The van der Waals surface area contributed by atoms with E-state index in [1.54, 1.807) is 6.92 Å². The van der Waals surface area contributed by atoms with Gasteiger partial charge in [-0.25, -0.2) is 4.99 Å². The summed E-state index contributed by atoms with van der Waals surface area (Å²) in [4.78, 5) is 4.63. The molecule has 0 bridgehead atoms. The molecule has 0 spiro atoms. The zero-order valence-corrected chi connectivity index (χ0v) is 15.8. The van der Waals surface area contributed by atoms with Crippen molar-refractivity contribution in [3.63, 3.8) is 0 Å². The largest absolute Gasteiger partial charge is 0.466 e. The van der Waals surface area contributed by atoms with Gasteiger partial charge in [0.25, 0.3) is 0 Å². The van der Waals surface area contributed by atoms with E-state index in [1.165, 1.54) is 11.1 Å². The van der Waals surface area contributed by atoms with Gasteiger partial charge in [0.1, 0.15) is 17.1 Å². The molecule has 1 atom stereocenters. The molecule has 3 N–H and O–H groups in total. The predicted molar refractivity (Wildman–Crippen MR) is 102 cm³/mol. The first-order valence-corrected chi connectivity index (χ1v) is 8.70. The Morgan fingerprint density at radius 2 is 1.92 bits per heavy atom. The molecule has 0 aliphatic heterocycles. The van der Waals surface area contributed by atoms with Crippen molar-refractivity contribution in [3.8, 4) is 0 Å². The third-order valence-corrected chi connectivity index (χ3v) is 4.23. The Balaban J connectivity index is 2.07. The van der Waals surface area contributed by atoms with Gasteiger partial charge >= 0.3 is 0 Å². The van der Waals surface area contributed by atoms with Crippen molar-refractivity contribution in [2.45, 2.75) is 46.8 Å². The lowest BCUT2D eigenvalue weighted by molar-refractivity contribution is 0.0601. The number of rotatable bonds is 6. The van der Waals surface area contributed by atoms with Gasteiger partial charge in [0.05, 0.1) is 13.1 Å². The van der Waals surface area contributed by atoms with Gasteiger partial charge in [0, 0.05) is 12.1 Å². The molecule has 1 aromatic heterocycles. The molecular weight excluding hydrogens is 314 g/mol. The van der Waals surface area contributed by atoms with E-state index in [0.29, 0.717) is 19.0 Å². The Bertz CT molecular complexity index is 732. The Hall–Kier alpha value is -2.27. The molecule has 5 heteroatoms. The van der Waals surface area contributed by atoms with Gasteiger partial charge in [-0.15, -0.1) is 0 Å². The number of nitrogens with zero attached hydrogens (tertiary/aromatic N) is 1. The molecule has 0 aliphatic carbocycles. The topological polar surface area (TPSA) is 69.8 Å². The number of guanidine groups is 1. The fourth-order valence-electron chi connectivity index (χ4n) is 2.81. The van der Waals surface area contributed by atoms with Crippen LogP contribution < -0.4 is 10.6 Å². The maximum atomic E-state index is 10.8. The van der Waals surface area contributed by atoms with Crippen LogP contribution >= 0.6 is 0 Å². The van der Waals surface area contributed by atoms with E-state index in [0.717, 1.165) is 23.6 Å². The second kappa shape index (κ2) is 8.21. The number of aliphatic hydroxyl groups is 1. The van der Waals surface area contributed by atoms with Crippen molar-refractivity contribution < 1.29 is 9.52 Å². The molecular formula is C20H29N3O2. The van der Waals surface area contributed by atoms with Gasteiger partial charge in [-0.2, -0.15) is 0 Å². The van der Waals surface area contributed by atoms with Crippen LogP contribution in [0.15, 0.2) is 39.7 Å². The lowest BCUT2D eigenvalue weighted by atomic mass is 9.96. The molecule has 136 valence electrons. The Morgan fingerprint density at radius 3 is 2.52 bits per heavy atom. The zero-order chi connectivity index (χ0) is 18.4. The molecule has 0 fully saturated rings. The van der Waals surface area contributed by atoms with Crippen LogP contribution in [0.3, 0.4) is 0 Å². The number of aliphatic imine (C=N–C) groups is 1. The monoisotopic (exact) mass is 343 g/mol. The van der Waals surface area contributed by atoms with Gasteiger partial charge in [0.15, 0.2) is 5.96 Å². The zero-order valence-electron chi connectivity index (χ0n) is 15.8. The summed E-state index contributed by atoms with van der Waals surface area (Å²) in [6, 6.07) is 10.1. The highest BCUT2D eigenvalue weighted by molar-refractivity contribution is 5.79. The van der Waals surface area contributed by atoms with Crippen molar-refractivity contribution in [2.75, 3.05) is 13.1 Å². The first kappa shape index (κ1) is 19.1. The van der Waals surface area contributed by atoms with Crippen LogP contribution in [0.1, 0.15) is 42.1 Å². The highest BCUT2D eigenvalue weighted by atomic mass is 16.3. The number of hydrogen-bond acceptors (Lipinski definition) is 3. The first-order valence-electron chi connectivity index (χ1n) is 8.70. The maximum absolute atomic E-state index is 10.8. The van der Waals surface area contributed by atoms with Crippen LogP contribution in [0.5, 0.6) is 0 Å². The fraction of sp³-hybridized carbons (Fsp3) is 0.450. The number of nitrogens with one attached hydrogen (secondary N) is 2. The van der Waals surface area contributed by atoms with Gasteiger partial charge in [-0.05, 0) is 51.8 Å². The van der Waals surface area contributed by atoms with Crippen LogP contribution in [0.4, 0.5) is 0 Å². The molecule has 0 amide bonds. The van der Waals surface area contributed by atoms with E-state index in [-0.39, 0.29) is 0 Å². The quantitative estimate of drug-likeness (QED) is 0.557. The van der Waals surface area contributed by atoms with Gasteiger partial charge < -0.3 is 20.2 Å². The maximum Gasteiger partial charge on any atom is 0.191 e. The first-order chi connectivity index (χ1) is 11.8. The van der Waals surface area contributed by atoms with Gasteiger partial charge in [-0.1, -0.05) is 24.3 Å². The van der Waals surface area contributed by atoms with Crippen molar-refractivity contribution in [1.82, 2.24) is 10.6 Å². The van der Waals surface area contributed by atoms with E-state index in [9.17, 15) is 5.11 Å². The van der Waals surface area contributed by atoms with E-state index < -0.39 is 5.60 Å². The average molecular weight is 343 g/mol. The summed E-state index contributed by atoms with van der Waals surface area (Å²) in [6.07, 6.45) is 0. The molecule has 1 unspecified atom stereocenters. The smallest absolute Gasteiger partial charge is 0.191 e. The van der Waals surface area contributed by atoms with E-state index >= 15 is 0 Å². The van der Waals surface area contributed by atoms with Crippen LogP contribution in [-0.2, 0) is 12.1 Å². The summed E-state index contributed by atoms with van der Waals surface area (Å²) in [5.41, 5.74) is 2.17. The van der Waals surface area contributed by atoms with Crippen LogP contribution in [0.2, 0.25) is 0 Å².